The molecule has 0 radical (unpaired) electrons. The summed E-state index contributed by atoms with van der Waals surface area (Å²) in [6.45, 7) is 5.19. The number of nitrogens with zero attached hydrogens (tertiary/aromatic N) is 1. The highest BCUT2D eigenvalue weighted by atomic mass is 127. The minimum absolute atomic E-state index is 0.0659. The van der Waals surface area contributed by atoms with Gasteiger partial charge in [-0.05, 0) is 81.2 Å². The standard InChI is InChI=1S/C22H26F3IN2O3/c1-20(2,3)31-19(30)21-10-8-15(27-21)12-14(13-21)9-11-28(18(29)22(23,24)25)17-7-5-4-6-16(17)26/h4-7,9,15,27H,8,10-13H2,1-3H3. The second kappa shape index (κ2) is 8.73. The number of amides is 1. The van der Waals surface area contributed by atoms with E-state index in [-0.39, 0.29) is 24.2 Å². The third-order valence-corrected chi connectivity index (χ3v) is 6.33. The first-order valence-corrected chi connectivity index (χ1v) is 11.2. The van der Waals surface area contributed by atoms with Crippen molar-refractivity contribution in [1.29, 1.82) is 0 Å². The number of para-hydroxylation sites is 1. The number of esters is 1. The third-order valence-electron chi connectivity index (χ3n) is 5.42. The summed E-state index contributed by atoms with van der Waals surface area (Å²) in [7, 11) is 0. The predicted molar refractivity (Wildman–Crippen MR) is 120 cm³/mol. The van der Waals surface area contributed by atoms with E-state index in [0.717, 1.165) is 16.9 Å². The Labute approximate surface area is 193 Å². The second-order valence-electron chi connectivity index (χ2n) is 9.07. The lowest BCUT2D eigenvalue weighted by molar-refractivity contribution is -0.170. The van der Waals surface area contributed by atoms with Crippen molar-refractivity contribution in [2.24, 2.45) is 0 Å². The topological polar surface area (TPSA) is 58.6 Å². The first kappa shape index (κ1) is 24.0. The second-order valence-corrected chi connectivity index (χ2v) is 10.2. The van der Waals surface area contributed by atoms with Crippen LogP contribution in [0.1, 0.15) is 46.5 Å². The molecule has 2 aliphatic rings. The van der Waals surface area contributed by atoms with E-state index in [1.165, 1.54) is 6.07 Å². The summed E-state index contributed by atoms with van der Waals surface area (Å²) < 4.78 is 45.9. The van der Waals surface area contributed by atoms with Gasteiger partial charge in [-0.15, -0.1) is 0 Å². The van der Waals surface area contributed by atoms with Crippen LogP contribution in [0.4, 0.5) is 18.9 Å². The fourth-order valence-corrected chi connectivity index (χ4v) is 4.80. The zero-order valence-electron chi connectivity index (χ0n) is 17.7. The van der Waals surface area contributed by atoms with Gasteiger partial charge in [0, 0.05) is 16.2 Å². The molecule has 9 heteroatoms. The SMILES string of the molecule is CC(C)(C)OC(=O)C12CCC(CC(=CCN(C(=O)C(F)(F)F)c3ccccc3I)C1)N2. The molecule has 31 heavy (non-hydrogen) atoms. The van der Waals surface area contributed by atoms with Crippen molar-refractivity contribution in [2.75, 3.05) is 11.4 Å². The van der Waals surface area contributed by atoms with Gasteiger partial charge in [0.15, 0.2) is 0 Å². The van der Waals surface area contributed by atoms with Crippen molar-refractivity contribution < 1.29 is 27.5 Å². The molecule has 0 aliphatic carbocycles. The Morgan fingerprint density at radius 1 is 1.29 bits per heavy atom. The normalized spacial score (nSPS) is 24.9. The number of ether oxygens (including phenoxy) is 1. The molecule has 2 unspecified atom stereocenters. The highest BCUT2D eigenvalue weighted by Crippen LogP contribution is 2.40. The molecule has 1 aromatic rings. The van der Waals surface area contributed by atoms with Gasteiger partial charge >= 0.3 is 18.1 Å². The zero-order chi connectivity index (χ0) is 23.0. The molecule has 1 aromatic carbocycles. The van der Waals surface area contributed by atoms with Gasteiger partial charge in [0.1, 0.15) is 11.1 Å². The van der Waals surface area contributed by atoms with Crippen molar-refractivity contribution in [3.63, 3.8) is 0 Å². The Hall–Kier alpha value is -1.62. The molecule has 2 aliphatic heterocycles. The van der Waals surface area contributed by atoms with Crippen LogP contribution in [0.25, 0.3) is 0 Å². The summed E-state index contributed by atoms with van der Waals surface area (Å²) in [5, 5.41) is 3.35. The first-order valence-electron chi connectivity index (χ1n) is 10.1. The number of nitrogens with one attached hydrogen (secondary N) is 1. The molecule has 1 N–H and O–H groups in total. The summed E-state index contributed by atoms with van der Waals surface area (Å²) in [5.74, 6) is -2.25. The number of hydrogen-bond acceptors (Lipinski definition) is 4. The van der Waals surface area contributed by atoms with Crippen LogP contribution in [-0.2, 0) is 14.3 Å². The number of carbonyl (C=O) groups excluding carboxylic acids is 2. The van der Waals surface area contributed by atoms with Crippen molar-refractivity contribution in [1.82, 2.24) is 5.32 Å². The molecule has 1 amide bonds. The van der Waals surface area contributed by atoms with Crippen molar-refractivity contribution in [3.05, 3.63) is 39.5 Å². The van der Waals surface area contributed by atoms with Crippen LogP contribution < -0.4 is 10.2 Å². The zero-order valence-corrected chi connectivity index (χ0v) is 19.8. The van der Waals surface area contributed by atoms with Gasteiger partial charge in [0.25, 0.3) is 0 Å². The fraction of sp³-hybridized carbons (Fsp3) is 0.545. The van der Waals surface area contributed by atoms with Gasteiger partial charge in [0.2, 0.25) is 0 Å². The van der Waals surface area contributed by atoms with Gasteiger partial charge < -0.3 is 4.74 Å². The molecule has 170 valence electrons. The number of benzene rings is 1. The minimum Gasteiger partial charge on any atom is -0.459 e. The van der Waals surface area contributed by atoms with Crippen LogP contribution in [0, 0.1) is 3.57 Å². The smallest absolute Gasteiger partial charge is 0.459 e. The lowest BCUT2D eigenvalue weighted by Crippen LogP contribution is -2.55. The van der Waals surface area contributed by atoms with Crippen molar-refractivity contribution in [3.8, 4) is 0 Å². The van der Waals surface area contributed by atoms with E-state index in [0.29, 0.717) is 22.8 Å². The molecule has 2 saturated heterocycles. The van der Waals surface area contributed by atoms with Crippen LogP contribution in [0.15, 0.2) is 35.9 Å². The monoisotopic (exact) mass is 550 g/mol. The molecule has 2 atom stereocenters. The number of hydrogen-bond donors (Lipinski definition) is 1. The highest BCUT2D eigenvalue weighted by Gasteiger charge is 2.50. The minimum atomic E-state index is -4.98. The third kappa shape index (κ3) is 5.60. The molecule has 3 rings (SSSR count). The van der Waals surface area contributed by atoms with Crippen LogP contribution in [0.3, 0.4) is 0 Å². The number of halogens is 4. The quantitative estimate of drug-likeness (QED) is 0.335. The van der Waals surface area contributed by atoms with Crippen LogP contribution in [0.2, 0.25) is 0 Å². The van der Waals surface area contributed by atoms with Crippen molar-refractivity contribution >= 4 is 40.2 Å². The van der Waals surface area contributed by atoms with E-state index < -0.39 is 23.2 Å². The van der Waals surface area contributed by atoms with Crippen molar-refractivity contribution in [2.45, 2.75) is 69.8 Å². The lowest BCUT2D eigenvalue weighted by atomic mass is 9.86. The average Bonchev–Trinajstić information content (AvgIpc) is 2.96. The highest BCUT2D eigenvalue weighted by molar-refractivity contribution is 14.1. The number of carbonyl (C=O) groups is 2. The van der Waals surface area contributed by atoms with E-state index in [4.69, 9.17) is 4.74 Å². The van der Waals surface area contributed by atoms with E-state index in [1.54, 1.807) is 45.0 Å². The Balaban J connectivity index is 1.85. The molecule has 0 saturated carbocycles. The van der Waals surface area contributed by atoms with Gasteiger partial charge in [-0.1, -0.05) is 23.8 Å². The summed E-state index contributed by atoms with van der Waals surface area (Å²) in [5.41, 5.74) is -0.423. The number of alkyl halides is 3. The summed E-state index contributed by atoms with van der Waals surface area (Å²) in [6.07, 6.45) is -0.930. The largest absolute Gasteiger partial charge is 0.471 e. The predicted octanol–water partition coefficient (Wildman–Crippen LogP) is 4.74. The van der Waals surface area contributed by atoms with E-state index in [9.17, 15) is 22.8 Å². The van der Waals surface area contributed by atoms with E-state index >= 15 is 0 Å². The molecular formula is C22H26F3IN2O3. The Kier molecular flexibility index (Phi) is 6.76. The molecule has 2 heterocycles. The molecule has 0 aromatic heterocycles. The van der Waals surface area contributed by atoms with E-state index in [1.807, 2.05) is 22.6 Å². The summed E-state index contributed by atoms with van der Waals surface area (Å²) >= 11 is 1.92. The molecule has 5 nitrogen and oxygen atoms in total. The Bertz CT molecular complexity index is 895. The molecule has 0 spiro atoms. The van der Waals surface area contributed by atoms with Crippen LogP contribution >= 0.6 is 22.6 Å². The average molecular weight is 550 g/mol. The number of rotatable bonds is 4. The lowest BCUT2D eigenvalue weighted by Gasteiger charge is -2.36. The van der Waals surface area contributed by atoms with E-state index in [2.05, 4.69) is 5.32 Å². The molecule has 2 bridgehead atoms. The summed E-state index contributed by atoms with van der Waals surface area (Å²) in [4.78, 5) is 25.7. The molecular weight excluding hydrogens is 524 g/mol. The van der Waals surface area contributed by atoms with Crippen LogP contribution in [0.5, 0.6) is 0 Å². The maximum Gasteiger partial charge on any atom is 0.471 e. The summed E-state index contributed by atoms with van der Waals surface area (Å²) in [6, 6.07) is 6.52. The number of fused-ring (bicyclic) bond motifs is 2. The van der Waals surface area contributed by atoms with Gasteiger partial charge in [-0.3, -0.25) is 19.8 Å². The maximum atomic E-state index is 13.3. The van der Waals surface area contributed by atoms with Gasteiger partial charge in [-0.2, -0.15) is 13.2 Å². The number of piperidine rings is 1. The Morgan fingerprint density at radius 3 is 2.58 bits per heavy atom. The van der Waals surface area contributed by atoms with Gasteiger partial charge in [-0.25, -0.2) is 0 Å². The van der Waals surface area contributed by atoms with Crippen LogP contribution in [-0.4, -0.2) is 41.8 Å². The molecule has 2 fully saturated rings. The van der Waals surface area contributed by atoms with Gasteiger partial charge in [0.05, 0.1) is 5.69 Å². The fourth-order valence-electron chi connectivity index (χ4n) is 4.12. The first-order chi connectivity index (χ1) is 14.3. The maximum absolute atomic E-state index is 13.3. The number of anilines is 1. The Morgan fingerprint density at radius 2 is 1.97 bits per heavy atom.